The molecule has 0 bridgehead atoms. The summed E-state index contributed by atoms with van der Waals surface area (Å²) in [6, 6.07) is 7.24. The molecule has 0 saturated carbocycles. The molecule has 18 heavy (non-hydrogen) atoms. The maximum atomic E-state index is 11.7. The Morgan fingerprint density at radius 3 is 2.61 bits per heavy atom. The van der Waals surface area contributed by atoms with E-state index in [1.807, 2.05) is 12.1 Å². The van der Waals surface area contributed by atoms with E-state index in [4.69, 9.17) is 4.74 Å². The van der Waals surface area contributed by atoms with Gasteiger partial charge in [0, 0.05) is 17.3 Å². The van der Waals surface area contributed by atoms with Gasteiger partial charge in [-0.1, -0.05) is 18.2 Å². The second kappa shape index (κ2) is 4.29. The van der Waals surface area contributed by atoms with Crippen LogP contribution in [0.3, 0.4) is 0 Å². The van der Waals surface area contributed by atoms with Crippen molar-refractivity contribution in [1.29, 1.82) is 0 Å². The van der Waals surface area contributed by atoms with Gasteiger partial charge >= 0.3 is 5.97 Å². The fourth-order valence-electron chi connectivity index (χ4n) is 1.73. The molecule has 0 radical (unpaired) electrons. The minimum absolute atomic E-state index is 0.276. The van der Waals surface area contributed by atoms with Crippen molar-refractivity contribution in [2.75, 3.05) is 5.32 Å². The smallest absolute Gasteiger partial charge is 0.332 e. The summed E-state index contributed by atoms with van der Waals surface area (Å²) < 4.78 is 5.17. The molecule has 4 heteroatoms. The molecule has 0 fully saturated rings. The van der Waals surface area contributed by atoms with Gasteiger partial charge in [0.05, 0.1) is 5.57 Å². The van der Waals surface area contributed by atoms with Crippen molar-refractivity contribution in [3.63, 3.8) is 0 Å². The number of ether oxygens (including phenoxy) is 1. The van der Waals surface area contributed by atoms with Gasteiger partial charge in [-0.25, -0.2) is 4.79 Å². The molecule has 1 amide bonds. The summed E-state index contributed by atoms with van der Waals surface area (Å²) in [6.07, 6.45) is 1.24. The Morgan fingerprint density at radius 1 is 1.28 bits per heavy atom. The van der Waals surface area contributed by atoms with E-state index in [1.165, 1.54) is 6.08 Å². The summed E-state index contributed by atoms with van der Waals surface area (Å²) in [5.41, 5.74) is 1.23. The first-order valence-corrected chi connectivity index (χ1v) is 5.72. The van der Waals surface area contributed by atoms with E-state index < -0.39 is 11.6 Å². The Balaban J connectivity index is 2.29. The number of esters is 1. The van der Waals surface area contributed by atoms with Crippen LogP contribution >= 0.6 is 0 Å². The highest BCUT2D eigenvalue weighted by Gasteiger charge is 2.25. The summed E-state index contributed by atoms with van der Waals surface area (Å²) in [6.45, 7) is 5.35. The number of amides is 1. The maximum absolute atomic E-state index is 11.7. The largest absolute Gasteiger partial charge is 0.457 e. The standard InChI is InChI=1S/C14H15NO3/c1-14(2,3)18-12(16)8-10-9-6-4-5-7-11(9)15-13(10)17/h4-8H,1-3H3,(H,15,17)/b10-8+. The quantitative estimate of drug-likeness (QED) is 0.610. The highest BCUT2D eigenvalue weighted by molar-refractivity contribution is 6.33. The number of para-hydroxylation sites is 1. The normalized spacial score (nSPS) is 16.4. The van der Waals surface area contributed by atoms with E-state index in [1.54, 1.807) is 32.9 Å². The zero-order chi connectivity index (χ0) is 13.3. The SMILES string of the molecule is CC(C)(C)OC(=O)/C=C1/C(=O)Nc2ccccc21. The van der Waals surface area contributed by atoms with Gasteiger partial charge in [0.25, 0.3) is 5.91 Å². The molecule has 4 nitrogen and oxygen atoms in total. The third-order valence-electron chi connectivity index (χ3n) is 2.38. The van der Waals surface area contributed by atoms with Crippen LogP contribution in [0.15, 0.2) is 30.3 Å². The van der Waals surface area contributed by atoms with Crippen molar-refractivity contribution in [3.8, 4) is 0 Å². The Morgan fingerprint density at radius 2 is 1.94 bits per heavy atom. The van der Waals surface area contributed by atoms with Crippen LogP contribution in [0.25, 0.3) is 5.57 Å². The Bertz CT molecular complexity index is 538. The number of nitrogens with one attached hydrogen (secondary N) is 1. The number of fused-ring (bicyclic) bond motifs is 1. The summed E-state index contributed by atoms with van der Waals surface area (Å²) in [4.78, 5) is 23.4. The third kappa shape index (κ3) is 2.59. The number of carbonyl (C=O) groups excluding carboxylic acids is 2. The van der Waals surface area contributed by atoms with E-state index in [2.05, 4.69) is 5.32 Å². The lowest BCUT2D eigenvalue weighted by Crippen LogP contribution is -2.23. The molecule has 1 aliphatic rings. The molecule has 0 aliphatic carbocycles. The highest BCUT2D eigenvalue weighted by Crippen LogP contribution is 2.31. The van der Waals surface area contributed by atoms with Crippen molar-refractivity contribution in [1.82, 2.24) is 0 Å². The van der Waals surface area contributed by atoms with E-state index in [9.17, 15) is 9.59 Å². The second-order valence-electron chi connectivity index (χ2n) is 5.09. The number of carbonyl (C=O) groups is 2. The number of rotatable bonds is 1. The fourth-order valence-corrected chi connectivity index (χ4v) is 1.73. The van der Waals surface area contributed by atoms with Crippen LogP contribution < -0.4 is 5.32 Å². The first kappa shape index (κ1) is 12.4. The van der Waals surface area contributed by atoms with Crippen molar-refractivity contribution in [3.05, 3.63) is 35.9 Å². The summed E-state index contributed by atoms with van der Waals surface area (Å²) in [5.74, 6) is -0.786. The first-order chi connectivity index (χ1) is 8.37. The van der Waals surface area contributed by atoms with Gasteiger partial charge in [-0.3, -0.25) is 4.79 Å². The number of hydrogen-bond donors (Lipinski definition) is 1. The van der Waals surface area contributed by atoms with Crippen LogP contribution in [-0.4, -0.2) is 17.5 Å². The molecule has 2 rings (SSSR count). The van der Waals surface area contributed by atoms with Gasteiger partial charge in [-0.05, 0) is 26.8 Å². The molecule has 0 aromatic heterocycles. The Kier molecular flexibility index (Phi) is 2.95. The zero-order valence-corrected chi connectivity index (χ0v) is 10.6. The Labute approximate surface area is 106 Å². The number of hydrogen-bond acceptors (Lipinski definition) is 3. The topological polar surface area (TPSA) is 55.4 Å². The molecule has 0 spiro atoms. The molecule has 1 aromatic rings. The lowest BCUT2D eigenvalue weighted by atomic mass is 10.1. The molecule has 94 valence electrons. The van der Waals surface area contributed by atoms with Crippen LogP contribution in [0.1, 0.15) is 26.3 Å². The van der Waals surface area contributed by atoms with Gasteiger partial charge in [-0.2, -0.15) is 0 Å². The average Bonchev–Trinajstić information content (AvgIpc) is 2.53. The van der Waals surface area contributed by atoms with Crippen LogP contribution in [-0.2, 0) is 14.3 Å². The monoisotopic (exact) mass is 245 g/mol. The van der Waals surface area contributed by atoms with Crippen LogP contribution in [0, 0.1) is 0 Å². The summed E-state index contributed by atoms with van der Waals surface area (Å²) in [5, 5.41) is 2.70. The highest BCUT2D eigenvalue weighted by atomic mass is 16.6. The van der Waals surface area contributed by atoms with Crippen molar-refractivity contribution < 1.29 is 14.3 Å². The van der Waals surface area contributed by atoms with Crippen molar-refractivity contribution in [2.45, 2.75) is 26.4 Å². The number of benzene rings is 1. The van der Waals surface area contributed by atoms with Crippen molar-refractivity contribution >= 4 is 23.1 Å². The summed E-state index contributed by atoms with van der Waals surface area (Å²) >= 11 is 0. The number of anilines is 1. The van der Waals surface area contributed by atoms with E-state index in [0.717, 1.165) is 11.3 Å². The van der Waals surface area contributed by atoms with E-state index in [0.29, 0.717) is 5.57 Å². The molecule has 1 aromatic carbocycles. The van der Waals surface area contributed by atoms with Crippen LogP contribution in [0.2, 0.25) is 0 Å². The third-order valence-corrected chi connectivity index (χ3v) is 2.38. The molecule has 0 unspecified atom stereocenters. The van der Waals surface area contributed by atoms with E-state index in [-0.39, 0.29) is 5.91 Å². The van der Waals surface area contributed by atoms with Gasteiger partial charge in [0.2, 0.25) is 0 Å². The minimum Gasteiger partial charge on any atom is -0.457 e. The van der Waals surface area contributed by atoms with Gasteiger partial charge in [0.1, 0.15) is 5.60 Å². The molecule has 1 aliphatic heterocycles. The predicted octanol–water partition coefficient (Wildman–Crippen LogP) is 2.36. The van der Waals surface area contributed by atoms with Gasteiger partial charge in [-0.15, -0.1) is 0 Å². The molecule has 1 N–H and O–H groups in total. The van der Waals surface area contributed by atoms with E-state index >= 15 is 0 Å². The molecular formula is C14H15NO3. The van der Waals surface area contributed by atoms with Gasteiger partial charge in [0.15, 0.2) is 0 Å². The molecule has 1 heterocycles. The minimum atomic E-state index is -0.567. The average molecular weight is 245 g/mol. The lowest BCUT2D eigenvalue weighted by molar-refractivity contribution is -0.148. The first-order valence-electron chi connectivity index (χ1n) is 5.72. The fraction of sp³-hybridized carbons (Fsp3) is 0.286. The maximum Gasteiger partial charge on any atom is 0.332 e. The summed E-state index contributed by atoms with van der Waals surface area (Å²) in [7, 11) is 0. The predicted molar refractivity (Wildman–Crippen MR) is 68.9 cm³/mol. The lowest BCUT2D eigenvalue weighted by Gasteiger charge is -2.18. The van der Waals surface area contributed by atoms with Crippen LogP contribution in [0.5, 0.6) is 0 Å². The molecule has 0 atom stereocenters. The van der Waals surface area contributed by atoms with Crippen LogP contribution in [0.4, 0.5) is 5.69 Å². The van der Waals surface area contributed by atoms with Crippen molar-refractivity contribution in [2.24, 2.45) is 0 Å². The Hall–Kier alpha value is -2.10. The molecule has 0 saturated heterocycles. The molecular weight excluding hydrogens is 230 g/mol. The second-order valence-corrected chi connectivity index (χ2v) is 5.09. The zero-order valence-electron chi connectivity index (χ0n) is 10.6. The van der Waals surface area contributed by atoms with Gasteiger partial charge < -0.3 is 10.1 Å².